The van der Waals surface area contributed by atoms with Crippen molar-refractivity contribution < 1.29 is 9.47 Å². The number of aromatic nitrogens is 1. The molecule has 0 unspecified atom stereocenters. The van der Waals surface area contributed by atoms with Gasteiger partial charge in [-0.05, 0) is 13.8 Å². The third kappa shape index (κ3) is 2.66. The van der Waals surface area contributed by atoms with E-state index in [1.54, 1.807) is 18.4 Å². The maximum Gasteiger partial charge on any atom is 0.186 e. The molecule has 102 valence electrons. The van der Waals surface area contributed by atoms with Gasteiger partial charge >= 0.3 is 0 Å². The van der Waals surface area contributed by atoms with Crippen LogP contribution < -0.4 is 10.6 Å². The predicted molar refractivity (Wildman–Crippen MR) is 73.0 cm³/mol. The molecule has 0 atom stereocenters. The van der Waals surface area contributed by atoms with Gasteiger partial charge in [0, 0.05) is 25.1 Å². The number of ether oxygens (including phenoxy) is 2. The summed E-state index contributed by atoms with van der Waals surface area (Å²) < 4.78 is 10.7. The maximum absolute atomic E-state index is 5.76. The Labute approximate surface area is 112 Å². The molecule has 0 aliphatic carbocycles. The second-order valence-electron chi connectivity index (χ2n) is 5.02. The highest BCUT2D eigenvalue weighted by molar-refractivity contribution is 7.15. The molecule has 1 saturated heterocycles. The van der Waals surface area contributed by atoms with Gasteiger partial charge in [-0.2, -0.15) is 0 Å². The molecule has 2 rings (SSSR count). The predicted octanol–water partition coefficient (Wildman–Crippen LogP) is 1.36. The molecular weight excluding hydrogens is 250 g/mol. The Bertz CT molecular complexity index is 406. The van der Waals surface area contributed by atoms with Crippen molar-refractivity contribution >= 4 is 16.5 Å². The van der Waals surface area contributed by atoms with Gasteiger partial charge in [0.15, 0.2) is 5.13 Å². The SMILES string of the molecule is COCc1nc(N2CCOCC2(C)C)sc1CN. The van der Waals surface area contributed by atoms with Crippen molar-refractivity contribution in [3.05, 3.63) is 10.6 Å². The number of hydrogen-bond donors (Lipinski definition) is 1. The summed E-state index contributed by atoms with van der Waals surface area (Å²) in [4.78, 5) is 8.08. The molecule has 0 bridgehead atoms. The van der Waals surface area contributed by atoms with Gasteiger partial charge in [-0.1, -0.05) is 0 Å². The average Bonchev–Trinajstić information content (AvgIpc) is 2.72. The van der Waals surface area contributed by atoms with Crippen LogP contribution in [0.1, 0.15) is 24.4 Å². The van der Waals surface area contributed by atoms with Gasteiger partial charge in [-0.3, -0.25) is 0 Å². The van der Waals surface area contributed by atoms with E-state index in [1.165, 1.54) is 0 Å². The average molecular weight is 271 g/mol. The molecule has 1 aliphatic rings. The van der Waals surface area contributed by atoms with E-state index < -0.39 is 0 Å². The molecule has 0 spiro atoms. The summed E-state index contributed by atoms with van der Waals surface area (Å²) in [5, 5.41) is 1.02. The Balaban J connectivity index is 2.26. The van der Waals surface area contributed by atoms with Gasteiger partial charge in [0.1, 0.15) is 0 Å². The third-order valence-electron chi connectivity index (χ3n) is 3.11. The van der Waals surface area contributed by atoms with E-state index in [-0.39, 0.29) is 5.54 Å². The number of nitrogens with zero attached hydrogens (tertiary/aromatic N) is 2. The van der Waals surface area contributed by atoms with Crippen molar-refractivity contribution in [1.82, 2.24) is 4.98 Å². The number of methoxy groups -OCH3 is 1. The van der Waals surface area contributed by atoms with Gasteiger partial charge < -0.3 is 20.1 Å². The molecule has 1 aromatic rings. The highest BCUT2D eigenvalue weighted by Crippen LogP contribution is 2.32. The van der Waals surface area contributed by atoms with Crippen LogP contribution in [0.4, 0.5) is 5.13 Å². The van der Waals surface area contributed by atoms with Crippen LogP contribution in [0, 0.1) is 0 Å². The van der Waals surface area contributed by atoms with Crippen LogP contribution in [0.5, 0.6) is 0 Å². The van der Waals surface area contributed by atoms with Crippen LogP contribution in [0.3, 0.4) is 0 Å². The zero-order chi connectivity index (χ0) is 13.2. The van der Waals surface area contributed by atoms with Gasteiger partial charge in [0.05, 0.1) is 31.1 Å². The number of rotatable bonds is 4. The second kappa shape index (κ2) is 5.52. The molecule has 2 N–H and O–H groups in total. The number of anilines is 1. The first-order valence-corrected chi connectivity index (χ1v) is 6.93. The zero-order valence-corrected chi connectivity index (χ0v) is 12.0. The van der Waals surface area contributed by atoms with Gasteiger partial charge in [0.2, 0.25) is 0 Å². The van der Waals surface area contributed by atoms with Crippen molar-refractivity contribution in [3.8, 4) is 0 Å². The van der Waals surface area contributed by atoms with E-state index >= 15 is 0 Å². The number of hydrogen-bond acceptors (Lipinski definition) is 6. The smallest absolute Gasteiger partial charge is 0.186 e. The summed E-state index contributed by atoms with van der Waals surface area (Å²) in [6, 6.07) is 0. The van der Waals surface area contributed by atoms with E-state index in [4.69, 9.17) is 15.2 Å². The van der Waals surface area contributed by atoms with E-state index in [0.717, 1.165) is 35.5 Å². The normalized spacial score (nSPS) is 19.2. The summed E-state index contributed by atoms with van der Waals surface area (Å²) in [6.07, 6.45) is 0. The van der Waals surface area contributed by atoms with Crippen LogP contribution in [0.15, 0.2) is 0 Å². The highest BCUT2D eigenvalue weighted by Gasteiger charge is 2.33. The molecule has 1 fully saturated rings. The molecule has 5 nitrogen and oxygen atoms in total. The Hall–Kier alpha value is -0.690. The largest absolute Gasteiger partial charge is 0.378 e. The fourth-order valence-electron chi connectivity index (χ4n) is 2.11. The Morgan fingerprint density at radius 3 is 2.94 bits per heavy atom. The molecule has 2 heterocycles. The Morgan fingerprint density at radius 2 is 2.33 bits per heavy atom. The van der Waals surface area contributed by atoms with E-state index in [1.807, 2.05) is 0 Å². The topological polar surface area (TPSA) is 60.6 Å². The summed E-state index contributed by atoms with van der Waals surface area (Å²) in [5.74, 6) is 0. The summed E-state index contributed by atoms with van der Waals surface area (Å²) in [6.45, 7) is 7.73. The van der Waals surface area contributed by atoms with Gasteiger partial charge in [-0.25, -0.2) is 4.98 Å². The lowest BCUT2D eigenvalue weighted by atomic mass is 10.0. The minimum atomic E-state index is -0.0215. The molecule has 0 saturated carbocycles. The lowest BCUT2D eigenvalue weighted by molar-refractivity contribution is 0.0643. The Morgan fingerprint density at radius 1 is 1.56 bits per heavy atom. The van der Waals surface area contributed by atoms with Crippen LogP contribution in [0.2, 0.25) is 0 Å². The van der Waals surface area contributed by atoms with E-state index in [9.17, 15) is 0 Å². The highest BCUT2D eigenvalue weighted by atomic mass is 32.1. The van der Waals surface area contributed by atoms with Crippen molar-refractivity contribution in [2.45, 2.75) is 32.5 Å². The molecule has 0 amide bonds. The van der Waals surface area contributed by atoms with Gasteiger partial charge in [-0.15, -0.1) is 11.3 Å². The van der Waals surface area contributed by atoms with Crippen LogP contribution in [-0.2, 0) is 22.6 Å². The van der Waals surface area contributed by atoms with Crippen molar-refractivity contribution in [3.63, 3.8) is 0 Å². The van der Waals surface area contributed by atoms with E-state index in [2.05, 4.69) is 23.7 Å². The van der Waals surface area contributed by atoms with Crippen molar-refractivity contribution in [1.29, 1.82) is 0 Å². The summed E-state index contributed by atoms with van der Waals surface area (Å²) in [5.41, 5.74) is 6.70. The Kier molecular flexibility index (Phi) is 4.21. The first-order chi connectivity index (χ1) is 8.58. The first-order valence-electron chi connectivity index (χ1n) is 6.11. The molecule has 0 radical (unpaired) electrons. The minimum absolute atomic E-state index is 0.0215. The van der Waals surface area contributed by atoms with E-state index in [0.29, 0.717) is 13.2 Å². The lowest BCUT2D eigenvalue weighted by Crippen LogP contribution is -2.53. The van der Waals surface area contributed by atoms with Crippen molar-refractivity contribution in [2.24, 2.45) is 5.73 Å². The third-order valence-corrected chi connectivity index (χ3v) is 4.25. The van der Waals surface area contributed by atoms with Crippen LogP contribution in [0.25, 0.3) is 0 Å². The lowest BCUT2D eigenvalue weighted by Gasteiger charge is -2.42. The zero-order valence-electron chi connectivity index (χ0n) is 11.2. The molecular formula is C12H21N3O2S. The summed E-state index contributed by atoms with van der Waals surface area (Å²) in [7, 11) is 1.68. The maximum atomic E-state index is 5.76. The van der Waals surface area contributed by atoms with Crippen LogP contribution in [-0.4, -0.2) is 37.4 Å². The fraction of sp³-hybridized carbons (Fsp3) is 0.750. The molecule has 1 aromatic heterocycles. The van der Waals surface area contributed by atoms with Crippen molar-refractivity contribution in [2.75, 3.05) is 31.8 Å². The molecule has 6 heteroatoms. The first kappa shape index (κ1) is 13.7. The quantitative estimate of drug-likeness (QED) is 0.896. The molecule has 18 heavy (non-hydrogen) atoms. The summed E-state index contributed by atoms with van der Waals surface area (Å²) >= 11 is 1.66. The second-order valence-corrected chi connectivity index (χ2v) is 6.08. The van der Waals surface area contributed by atoms with Crippen LogP contribution >= 0.6 is 11.3 Å². The number of nitrogens with two attached hydrogens (primary N) is 1. The number of thiazole rings is 1. The monoisotopic (exact) mass is 271 g/mol. The minimum Gasteiger partial charge on any atom is -0.378 e. The molecule has 1 aliphatic heterocycles. The van der Waals surface area contributed by atoms with Gasteiger partial charge in [0.25, 0.3) is 0 Å². The molecule has 0 aromatic carbocycles. The number of morpholine rings is 1. The fourth-order valence-corrected chi connectivity index (χ4v) is 3.24. The standard InChI is InChI=1S/C12H21N3O2S/c1-12(2)8-17-5-4-15(12)11-14-9(7-16-3)10(6-13)18-11/h4-8,13H2,1-3H3.